The van der Waals surface area contributed by atoms with Crippen LogP contribution in [0.4, 0.5) is 0 Å². The Morgan fingerprint density at radius 1 is 1.57 bits per heavy atom. The molecular weight excluding hydrogens is 164 g/mol. The van der Waals surface area contributed by atoms with Gasteiger partial charge in [0.05, 0.1) is 0 Å². The van der Waals surface area contributed by atoms with E-state index in [2.05, 4.69) is 29.8 Å². The molecule has 1 unspecified atom stereocenters. The van der Waals surface area contributed by atoms with Crippen LogP contribution in [0.25, 0.3) is 0 Å². The Hall–Kier alpha value is 1.25. The van der Waals surface area contributed by atoms with Gasteiger partial charge in [0.25, 0.3) is 0 Å². The van der Waals surface area contributed by atoms with Crippen LogP contribution in [0.5, 0.6) is 0 Å². The van der Waals surface area contributed by atoms with E-state index >= 15 is 0 Å². The molecular formula is C5H11BrMg+2. The minimum atomic E-state index is 0. The maximum absolute atomic E-state index is 3.37. The molecule has 0 fully saturated rings. The summed E-state index contributed by atoms with van der Waals surface area (Å²) in [5.74, 6) is 0.852. The first kappa shape index (κ1) is 11.1. The van der Waals surface area contributed by atoms with Gasteiger partial charge in [0.2, 0.25) is 0 Å². The molecule has 0 aromatic rings. The first-order valence-electron chi connectivity index (χ1n) is 2.37. The van der Waals surface area contributed by atoms with Crippen molar-refractivity contribution in [3.8, 4) is 0 Å². The molecule has 2 heteroatoms. The Kier molecular flexibility index (Phi) is 11.5. The van der Waals surface area contributed by atoms with E-state index in [4.69, 9.17) is 0 Å². The third kappa shape index (κ3) is 7.25. The smallest absolute Gasteiger partial charge is 0.0925 e. The zero-order chi connectivity index (χ0) is 4.99. The fourth-order valence-electron chi connectivity index (χ4n) is 0.109. The monoisotopic (exact) mass is 174 g/mol. The van der Waals surface area contributed by atoms with Crippen LogP contribution in [0.2, 0.25) is 0 Å². The molecule has 0 amide bonds. The van der Waals surface area contributed by atoms with Gasteiger partial charge in [-0.1, -0.05) is 36.2 Å². The van der Waals surface area contributed by atoms with E-state index in [1.54, 1.807) is 0 Å². The fourth-order valence-corrected chi connectivity index (χ4v) is 0.567. The molecule has 0 spiro atoms. The summed E-state index contributed by atoms with van der Waals surface area (Å²) in [6.45, 7) is 4.43. The molecule has 38 valence electrons. The van der Waals surface area contributed by atoms with Crippen molar-refractivity contribution in [2.24, 2.45) is 5.92 Å². The zero-order valence-electron chi connectivity index (χ0n) is 5.08. The second kappa shape index (κ2) is 7.25. The number of alkyl halides is 1. The molecule has 0 N–H and O–H groups in total. The first-order chi connectivity index (χ1) is 2.81. The van der Waals surface area contributed by atoms with Crippen molar-refractivity contribution < 1.29 is 0 Å². The van der Waals surface area contributed by atoms with Crippen molar-refractivity contribution in [1.29, 1.82) is 0 Å². The van der Waals surface area contributed by atoms with E-state index in [9.17, 15) is 0 Å². The standard InChI is InChI=1S/C5H11Br.Mg/c1-3-5(2)4-6;/h5H,3-4H2,1-2H3;/q;+2. The minimum Gasteiger partial charge on any atom is -0.0925 e. The molecule has 0 aliphatic heterocycles. The minimum absolute atomic E-state index is 0. The van der Waals surface area contributed by atoms with Gasteiger partial charge in [0.15, 0.2) is 0 Å². The van der Waals surface area contributed by atoms with E-state index in [0.29, 0.717) is 0 Å². The maximum atomic E-state index is 3.37. The molecule has 0 saturated carbocycles. The Labute approximate surface area is 70.3 Å². The van der Waals surface area contributed by atoms with Crippen molar-refractivity contribution in [3.05, 3.63) is 0 Å². The van der Waals surface area contributed by atoms with Crippen molar-refractivity contribution in [2.75, 3.05) is 5.33 Å². The van der Waals surface area contributed by atoms with E-state index in [1.165, 1.54) is 6.42 Å². The quantitative estimate of drug-likeness (QED) is 0.445. The predicted octanol–water partition coefficient (Wildman–Crippen LogP) is 2.05. The summed E-state index contributed by atoms with van der Waals surface area (Å²) >= 11 is 3.37. The van der Waals surface area contributed by atoms with Crippen LogP contribution in [-0.2, 0) is 0 Å². The second-order valence-electron chi connectivity index (χ2n) is 1.67. The molecule has 0 saturated heterocycles. The normalized spacial score (nSPS) is 12.4. The van der Waals surface area contributed by atoms with Gasteiger partial charge in [0.1, 0.15) is 0 Å². The van der Waals surface area contributed by atoms with Crippen LogP contribution in [0, 0.1) is 5.92 Å². The molecule has 0 heterocycles. The van der Waals surface area contributed by atoms with Crippen LogP contribution < -0.4 is 0 Å². The van der Waals surface area contributed by atoms with E-state index < -0.39 is 0 Å². The topological polar surface area (TPSA) is 0 Å². The van der Waals surface area contributed by atoms with E-state index in [-0.39, 0.29) is 23.1 Å². The van der Waals surface area contributed by atoms with Crippen LogP contribution in [0.3, 0.4) is 0 Å². The van der Waals surface area contributed by atoms with Crippen molar-refractivity contribution in [2.45, 2.75) is 20.3 Å². The molecule has 0 radical (unpaired) electrons. The Morgan fingerprint density at radius 2 is 2.00 bits per heavy atom. The molecule has 0 aliphatic carbocycles. The van der Waals surface area contributed by atoms with Crippen LogP contribution in [-0.4, -0.2) is 28.4 Å². The molecule has 0 nitrogen and oxygen atoms in total. The summed E-state index contributed by atoms with van der Waals surface area (Å²) in [4.78, 5) is 0. The Morgan fingerprint density at radius 3 is 2.00 bits per heavy atom. The molecule has 0 aliphatic rings. The third-order valence-electron chi connectivity index (χ3n) is 0.960. The average Bonchev–Trinajstić information content (AvgIpc) is 1.65. The largest absolute Gasteiger partial charge is 2.00 e. The number of rotatable bonds is 2. The average molecular weight is 175 g/mol. The van der Waals surface area contributed by atoms with E-state index in [1.807, 2.05) is 0 Å². The van der Waals surface area contributed by atoms with Gasteiger partial charge in [-0.05, 0) is 5.92 Å². The number of halogens is 1. The van der Waals surface area contributed by atoms with Crippen molar-refractivity contribution in [1.82, 2.24) is 0 Å². The molecule has 0 rings (SSSR count). The molecule has 0 bridgehead atoms. The molecule has 1 atom stereocenters. The van der Waals surface area contributed by atoms with Gasteiger partial charge >= 0.3 is 23.1 Å². The molecule has 0 aromatic heterocycles. The number of hydrogen-bond donors (Lipinski definition) is 0. The SMILES string of the molecule is CCC(C)CBr.[Mg+2]. The Balaban J connectivity index is 0. The van der Waals surface area contributed by atoms with Crippen molar-refractivity contribution in [3.63, 3.8) is 0 Å². The van der Waals surface area contributed by atoms with Gasteiger partial charge in [-0.15, -0.1) is 0 Å². The van der Waals surface area contributed by atoms with Gasteiger partial charge in [-0.3, -0.25) is 0 Å². The summed E-state index contributed by atoms with van der Waals surface area (Å²) in [5, 5.41) is 1.14. The van der Waals surface area contributed by atoms with Gasteiger partial charge < -0.3 is 0 Å². The fraction of sp³-hybridized carbons (Fsp3) is 1.00. The summed E-state index contributed by atoms with van der Waals surface area (Å²) in [6.07, 6.45) is 1.28. The van der Waals surface area contributed by atoms with Crippen LogP contribution in [0.1, 0.15) is 20.3 Å². The van der Waals surface area contributed by atoms with Crippen LogP contribution in [0.15, 0.2) is 0 Å². The predicted molar refractivity (Wildman–Crippen MR) is 39.0 cm³/mol. The first-order valence-corrected chi connectivity index (χ1v) is 3.49. The maximum Gasteiger partial charge on any atom is 2.00 e. The Bertz CT molecular complexity index is 27.3. The summed E-state index contributed by atoms with van der Waals surface area (Å²) in [7, 11) is 0. The molecule has 7 heavy (non-hydrogen) atoms. The van der Waals surface area contributed by atoms with Crippen LogP contribution >= 0.6 is 15.9 Å². The second-order valence-corrected chi connectivity index (χ2v) is 2.32. The zero-order valence-corrected chi connectivity index (χ0v) is 8.08. The van der Waals surface area contributed by atoms with Crippen molar-refractivity contribution >= 4 is 39.0 Å². The molecule has 0 aromatic carbocycles. The van der Waals surface area contributed by atoms with Gasteiger partial charge in [-0.2, -0.15) is 0 Å². The summed E-state index contributed by atoms with van der Waals surface area (Å²) in [6, 6.07) is 0. The summed E-state index contributed by atoms with van der Waals surface area (Å²) in [5.41, 5.74) is 0. The van der Waals surface area contributed by atoms with E-state index in [0.717, 1.165) is 11.2 Å². The third-order valence-corrected chi connectivity index (χ3v) is 2.07. The van der Waals surface area contributed by atoms with Gasteiger partial charge in [-0.25, -0.2) is 0 Å². The summed E-state index contributed by atoms with van der Waals surface area (Å²) < 4.78 is 0. The number of hydrogen-bond acceptors (Lipinski definition) is 0. The van der Waals surface area contributed by atoms with Gasteiger partial charge in [0, 0.05) is 5.33 Å².